The summed E-state index contributed by atoms with van der Waals surface area (Å²) in [4.78, 5) is 0. The van der Waals surface area contributed by atoms with Crippen LogP contribution in [0.4, 0.5) is 0 Å². The first-order valence-electron chi connectivity index (χ1n) is 5.55. The first-order valence-corrected chi connectivity index (χ1v) is 6.28. The number of rotatable bonds is 4. The van der Waals surface area contributed by atoms with Crippen molar-refractivity contribution in [2.45, 2.75) is 25.0 Å². The Kier molecular flexibility index (Phi) is 2.78. The van der Waals surface area contributed by atoms with Crippen molar-refractivity contribution in [1.29, 1.82) is 0 Å². The number of aliphatic hydroxyl groups is 1. The Morgan fingerprint density at radius 3 is 3.00 bits per heavy atom. The SMILES string of the molecule is OC(c1cccc(OC2CC2)c1)c1cnsn1. The van der Waals surface area contributed by atoms with Crippen molar-refractivity contribution in [3.05, 3.63) is 41.7 Å². The fraction of sp³-hybridized carbons (Fsp3) is 0.333. The molecule has 1 aliphatic carbocycles. The predicted octanol–water partition coefficient (Wildman–Crippen LogP) is 2.16. The summed E-state index contributed by atoms with van der Waals surface area (Å²) in [6.07, 6.45) is 3.48. The highest BCUT2D eigenvalue weighted by Gasteiger charge is 2.23. The molecule has 1 fully saturated rings. The molecule has 0 spiro atoms. The largest absolute Gasteiger partial charge is 0.490 e. The van der Waals surface area contributed by atoms with Crippen LogP contribution in [0.3, 0.4) is 0 Å². The van der Waals surface area contributed by atoms with Crippen LogP contribution >= 0.6 is 11.7 Å². The van der Waals surface area contributed by atoms with Crippen LogP contribution in [0.25, 0.3) is 0 Å². The van der Waals surface area contributed by atoms with E-state index in [4.69, 9.17) is 4.74 Å². The Morgan fingerprint density at radius 1 is 1.41 bits per heavy atom. The molecule has 1 unspecified atom stereocenters. The molecule has 1 aromatic carbocycles. The zero-order chi connectivity index (χ0) is 11.7. The van der Waals surface area contributed by atoms with E-state index in [1.54, 1.807) is 6.20 Å². The van der Waals surface area contributed by atoms with E-state index in [2.05, 4.69) is 8.75 Å². The zero-order valence-electron chi connectivity index (χ0n) is 9.11. The summed E-state index contributed by atoms with van der Waals surface area (Å²) < 4.78 is 13.6. The van der Waals surface area contributed by atoms with Gasteiger partial charge < -0.3 is 9.84 Å². The highest BCUT2D eigenvalue weighted by Crippen LogP contribution is 2.29. The standard InChI is InChI=1S/C12H12N2O2S/c15-12(11-7-13-17-14-11)8-2-1-3-10(6-8)16-9-4-5-9/h1-3,6-7,9,12,15H,4-5H2. The van der Waals surface area contributed by atoms with Gasteiger partial charge in [-0.05, 0) is 30.5 Å². The minimum absolute atomic E-state index is 0.364. The first-order chi connectivity index (χ1) is 8.33. The molecule has 2 aromatic rings. The quantitative estimate of drug-likeness (QED) is 0.900. The molecule has 17 heavy (non-hydrogen) atoms. The van der Waals surface area contributed by atoms with Gasteiger partial charge in [-0.2, -0.15) is 8.75 Å². The lowest BCUT2D eigenvalue weighted by atomic mass is 10.1. The second-order valence-electron chi connectivity index (χ2n) is 4.12. The van der Waals surface area contributed by atoms with Crippen molar-refractivity contribution in [3.63, 3.8) is 0 Å². The van der Waals surface area contributed by atoms with Crippen LogP contribution in [-0.4, -0.2) is 20.0 Å². The number of aliphatic hydroxyl groups excluding tert-OH is 1. The third-order valence-electron chi connectivity index (χ3n) is 2.66. The average molecular weight is 248 g/mol. The van der Waals surface area contributed by atoms with Crippen molar-refractivity contribution >= 4 is 11.7 Å². The molecule has 1 saturated carbocycles. The molecular weight excluding hydrogens is 236 g/mol. The number of hydrogen-bond donors (Lipinski definition) is 1. The summed E-state index contributed by atoms with van der Waals surface area (Å²) in [6.45, 7) is 0. The van der Waals surface area contributed by atoms with Gasteiger partial charge in [0, 0.05) is 0 Å². The molecule has 1 heterocycles. The third-order valence-corrected chi connectivity index (χ3v) is 3.15. The van der Waals surface area contributed by atoms with E-state index >= 15 is 0 Å². The molecule has 1 aliphatic rings. The van der Waals surface area contributed by atoms with Crippen molar-refractivity contribution in [3.8, 4) is 5.75 Å². The van der Waals surface area contributed by atoms with E-state index in [0.29, 0.717) is 11.8 Å². The number of nitrogens with zero attached hydrogens (tertiary/aromatic N) is 2. The second kappa shape index (κ2) is 4.43. The maximum Gasteiger partial charge on any atom is 0.124 e. The summed E-state index contributed by atoms with van der Waals surface area (Å²) in [5.74, 6) is 0.812. The van der Waals surface area contributed by atoms with Crippen LogP contribution < -0.4 is 4.74 Å². The molecule has 0 amide bonds. The number of benzene rings is 1. The molecule has 88 valence electrons. The van der Waals surface area contributed by atoms with Crippen LogP contribution in [0.1, 0.15) is 30.2 Å². The maximum atomic E-state index is 10.1. The average Bonchev–Trinajstić information content (AvgIpc) is 2.99. The Hall–Kier alpha value is -1.46. The van der Waals surface area contributed by atoms with Crippen LogP contribution in [0, 0.1) is 0 Å². The van der Waals surface area contributed by atoms with Crippen molar-refractivity contribution in [2.75, 3.05) is 0 Å². The normalized spacial score (nSPS) is 16.8. The smallest absolute Gasteiger partial charge is 0.124 e. The van der Waals surface area contributed by atoms with Gasteiger partial charge in [0.25, 0.3) is 0 Å². The van der Waals surface area contributed by atoms with E-state index in [0.717, 1.165) is 35.9 Å². The van der Waals surface area contributed by atoms with Crippen molar-refractivity contribution in [2.24, 2.45) is 0 Å². The molecule has 0 saturated heterocycles. The van der Waals surface area contributed by atoms with E-state index in [9.17, 15) is 5.11 Å². The van der Waals surface area contributed by atoms with Gasteiger partial charge >= 0.3 is 0 Å². The Labute approximate surface area is 103 Å². The van der Waals surface area contributed by atoms with Gasteiger partial charge in [0.05, 0.1) is 24.0 Å². The van der Waals surface area contributed by atoms with E-state index in [1.165, 1.54) is 0 Å². The molecule has 0 radical (unpaired) electrons. The molecule has 5 heteroatoms. The highest BCUT2D eigenvalue weighted by molar-refractivity contribution is 6.99. The summed E-state index contributed by atoms with van der Waals surface area (Å²) in [5.41, 5.74) is 1.37. The van der Waals surface area contributed by atoms with E-state index in [-0.39, 0.29) is 0 Å². The lowest BCUT2D eigenvalue weighted by molar-refractivity contribution is 0.215. The minimum Gasteiger partial charge on any atom is -0.490 e. The minimum atomic E-state index is -0.725. The zero-order valence-corrected chi connectivity index (χ0v) is 9.93. The van der Waals surface area contributed by atoms with Crippen LogP contribution in [0.2, 0.25) is 0 Å². The Morgan fingerprint density at radius 2 is 2.29 bits per heavy atom. The molecule has 1 aromatic heterocycles. The van der Waals surface area contributed by atoms with Crippen LogP contribution in [-0.2, 0) is 0 Å². The molecule has 1 N–H and O–H groups in total. The summed E-state index contributed by atoms with van der Waals surface area (Å²) in [6, 6.07) is 7.52. The highest BCUT2D eigenvalue weighted by atomic mass is 32.1. The lowest BCUT2D eigenvalue weighted by Crippen LogP contribution is -2.01. The summed E-state index contributed by atoms with van der Waals surface area (Å²) in [7, 11) is 0. The van der Waals surface area contributed by atoms with Gasteiger partial charge in [0.15, 0.2) is 0 Å². The predicted molar refractivity (Wildman–Crippen MR) is 64.1 cm³/mol. The van der Waals surface area contributed by atoms with Crippen LogP contribution in [0.15, 0.2) is 30.5 Å². The van der Waals surface area contributed by atoms with Gasteiger partial charge in [-0.3, -0.25) is 0 Å². The fourth-order valence-electron chi connectivity index (χ4n) is 1.60. The van der Waals surface area contributed by atoms with Crippen molar-refractivity contribution in [1.82, 2.24) is 8.75 Å². The summed E-state index contributed by atoms with van der Waals surface area (Å²) in [5, 5.41) is 10.1. The second-order valence-corrected chi connectivity index (χ2v) is 4.68. The number of hydrogen-bond acceptors (Lipinski definition) is 5. The fourth-order valence-corrected chi connectivity index (χ4v) is 2.04. The van der Waals surface area contributed by atoms with Gasteiger partial charge in [0.1, 0.15) is 17.5 Å². The number of ether oxygens (including phenoxy) is 1. The monoisotopic (exact) mass is 248 g/mol. The Bertz CT molecular complexity index is 497. The first kappa shape index (κ1) is 10.7. The summed E-state index contributed by atoms with van der Waals surface area (Å²) >= 11 is 1.10. The van der Waals surface area contributed by atoms with Gasteiger partial charge in [-0.25, -0.2) is 0 Å². The number of aromatic nitrogens is 2. The molecule has 3 rings (SSSR count). The van der Waals surface area contributed by atoms with Crippen molar-refractivity contribution < 1.29 is 9.84 Å². The maximum absolute atomic E-state index is 10.1. The Balaban J connectivity index is 1.81. The molecule has 0 aliphatic heterocycles. The lowest BCUT2D eigenvalue weighted by Gasteiger charge is -2.10. The molecule has 4 nitrogen and oxygen atoms in total. The van der Waals surface area contributed by atoms with Gasteiger partial charge in [0.2, 0.25) is 0 Å². The van der Waals surface area contributed by atoms with Gasteiger partial charge in [-0.15, -0.1) is 0 Å². The molecule has 0 bridgehead atoms. The van der Waals surface area contributed by atoms with Gasteiger partial charge in [-0.1, -0.05) is 12.1 Å². The van der Waals surface area contributed by atoms with E-state index in [1.807, 2.05) is 24.3 Å². The third kappa shape index (κ3) is 2.45. The molecular formula is C12H12N2O2S. The molecule has 1 atom stereocenters. The van der Waals surface area contributed by atoms with Crippen LogP contribution in [0.5, 0.6) is 5.75 Å². The van der Waals surface area contributed by atoms with E-state index < -0.39 is 6.10 Å². The topological polar surface area (TPSA) is 55.2 Å².